The first kappa shape index (κ1) is 26.3. The second-order valence-corrected chi connectivity index (χ2v) is 10.9. The monoisotopic (exact) mass is 541 g/mol. The molecule has 3 aromatic rings. The Kier molecular flexibility index (Phi) is 7.35. The van der Waals surface area contributed by atoms with E-state index in [4.69, 9.17) is 16.3 Å². The van der Waals surface area contributed by atoms with Crippen LogP contribution < -0.4 is 14.9 Å². The lowest BCUT2D eigenvalue weighted by Gasteiger charge is -2.41. The van der Waals surface area contributed by atoms with Crippen LogP contribution in [-0.2, 0) is 30.9 Å². The molecule has 0 aromatic heterocycles. The number of benzene rings is 3. The number of amides is 2. The van der Waals surface area contributed by atoms with Gasteiger partial charge in [-0.3, -0.25) is 14.5 Å². The zero-order valence-electron chi connectivity index (χ0n) is 20.0. The Hall–Kier alpha value is -3.73. The van der Waals surface area contributed by atoms with Gasteiger partial charge in [0.25, 0.3) is 5.91 Å². The number of carbonyl (C=O) groups excluding carboxylic acids is 3. The quantitative estimate of drug-likeness (QED) is 0.439. The average molecular weight is 542 g/mol. The van der Waals surface area contributed by atoms with Crippen molar-refractivity contribution in [2.75, 3.05) is 16.8 Å². The molecule has 37 heavy (non-hydrogen) atoms. The first-order valence-electron chi connectivity index (χ1n) is 11.2. The molecular formula is C26H24ClN3O6S. The molecule has 2 amide bonds. The maximum Gasteiger partial charge on any atom is 0.338 e. The predicted octanol–water partition coefficient (Wildman–Crippen LogP) is 3.74. The van der Waals surface area contributed by atoms with Crippen molar-refractivity contribution in [3.05, 3.63) is 88.9 Å². The van der Waals surface area contributed by atoms with E-state index in [1.807, 2.05) is 6.07 Å². The number of hydrogen-bond donors (Lipinski definition) is 2. The van der Waals surface area contributed by atoms with Crippen LogP contribution in [0.15, 0.2) is 77.7 Å². The molecule has 0 atom stereocenters. The van der Waals surface area contributed by atoms with Crippen molar-refractivity contribution in [1.82, 2.24) is 4.72 Å². The Morgan fingerprint density at radius 3 is 2.43 bits per heavy atom. The molecule has 2 N–H and O–H groups in total. The standard InChI is InChI=1S/C26H24ClN3O6S/c1-26(2)25(33)29-20-10-6-7-11-21(20)30(26)23(31)16-36-24(32)18-12-13-19(27)22(14-18)37(34,35)28-15-17-8-4-3-5-9-17/h3-14,28H,15-16H2,1-2H3,(H,29,33). The third-order valence-electron chi connectivity index (χ3n) is 5.85. The number of para-hydroxylation sites is 2. The lowest BCUT2D eigenvalue weighted by Crippen LogP contribution is -2.59. The summed E-state index contributed by atoms with van der Waals surface area (Å²) in [6.45, 7) is 2.53. The number of halogens is 1. The summed E-state index contributed by atoms with van der Waals surface area (Å²) in [7, 11) is -4.06. The van der Waals surface area contributed by atoms with Crippen molar-refractivity contribution in [2.24, 2.45) is 0 Å². The van der Waals surface area contributed by atoms with E-state index in [2.05, 4.69) is 10.0 Å². The minimum absolute atomic E-state index is 0.0311. The Morgan fingerprint density at radius 2 is 1.70 bits per heavy atom. The zero-order valence-corrected chi connectivity index (χ0v) is 21.6. The zero-order chi connectivity index (χ0) is 26.8. The molecule has 1 heterocycles. The SMILES string of the molecule is CC1(C)C(=O)Nc2ccccc2N1C(=O)COC(=O)c1ccc(Cl)c(S(=O)(=O)NCc2ccccc2)c1. The van der Waals surface area contributed by atoms with Gasteiger partial charge in [-0.05, 0) is 49.7 Å². The number of nitrogens with one attached hydrogen (secondary N) is 2. The number of carbonyl (C=O) groups is 3. The van der Waals surface area contributed by atoms with Crippen LogP contribution in [0.1, 0.15) is 29.8 Å². The summed E-state index contributed by atoms with van der Waals surface area (Å²) in [4.78, 5) is 39.4. The van der Waals surface area contributed by atoms with Crippen LogP contribution in [-0.4, -0.2) is 38.3 Å². The number of fused-ring (bicyclic) bond motifs is 1. The minimum Gasteiger partial charge on any atom is -0.452 e. The highest BCUT2D eigenvalue weighted by molar-refractivity contribution is 7.89. The molecule has 1 aliphatic heterocycles. The molecule has 0 radical (unpaired) electrons. The number of rotatable bonds is 7. The summed E-state index contributed by atoms with van der Waals surface area (Å²) in [5.74, 6) is -1.93. The summed E-state index contributed by atoms with van der Waals surface area (Å²) in [6, 6.07) is 19.4. The van der Waals surface area contributed by atoms with Crippen LogP contribution in [0.5, 0.6) is 0 Å². The molecule has 0 fully saturated rings. The first-order chi connectivity index (χ1) is 17.5. The Bertz CT molecular complexity index is 1470. The van der Waals surface area contributed by atoms with Crippen LogP contribution in [0.2, 0.25) is 5.02 Å². The average Bonchev–Trinajstić information content (AvgIpc) is 2.87. The third-order valence-corrected chi connectivity index (χ3v) is 7.73. The summed E-state index contributed by atoms with van der Waals surface area (Å²) in [5.41, 5.74) is 0.337. The van der Waals surface area contributed by atoms with Gasteiger partial charge in [-0.2, -0.15) is 0 Å². The maximum absolute atomic E-state index is 13.1. The Balaban J connectivity index is 1.49. The second kappa shape index (κ2) is 10.3. The van der Waals surface area contributed by atoms with Gasteiger partial charge in [0.15, 0.2) is 6.61 Å². The highest BCUT2D eigenvalue weighted by Gasteiger charge is 2.43. The van der Waals surface area contributed by atoms with Crippen molar-refractivity contribution < 1.29 is 27.5 Å². The van der Waals surface area contributed by atoms with Gasteiger partial charge in [0.1, 0.15) is 10.4 Å². The van der Waals surface area contributed by atoms with E-state index in [1.165, 1.54) is 17.0 Å². The maximum atomic E-state index is 13.1. The lowest BCUT2D eigenvalue weighted by molar-refractivity contribution is -0.128. The van der Waals surface area contributed by atoms with Crippen LogP contribution >= 0.6 is 11.6 Å². The fourth-order valence-corrected chi connectivity index (χ4v) is 5.40. The molecule has 0 aliphatic carbocycles. The number of nitrogens with zero attached hydrogens (tertiary/aromatic N) is 1. The molecular weight excluding hydrogens is 518 g/mol. The molecule has 11 heteroatoms. The lowest BCUT2D eigenvalue weighted by atomic mass is 9.96. The van der Waals surface area contributed by atoms with E-state index < -0.39 is 34.0 Å². The first-order valence-corrected chi connectivity index (χ1v) is 13.1. The molecule has 4 rings (SSSR count). The van der Waals surface area contributed by atoms with Gasteiger partial charge in [-0.15, -0.1) is 0 Å². The van der Waals surface area contributed by atoms with E-state index in [9.17, 15) is 22.8 Å². The van der Waals surface area contributed by atoms with Gasteiger partial charge >= 0.3 is 5.97 Å². The second-order valence-electron chi connectivity index (χ2n) is 8.79. The normalized spacial score (nSPS) is 14.5. The van der Waals surface area contributed by atoms with Crippen LogP contribution in [0.25, 0.3) is 0 Å². The summed E-state index contributed by atoms with van der Waals surface area (Å²) in [5, 5.41) is 2.68. The molecule has 0 spiro atoms. The van der Waals surface area contributed by atoms with Gasteiger partial charge < -0.3 is 10.1 Å². The predicted molar refractivity (Wildman–Crippen MR) is 139 cm³/mol. The minimum atomic E-state index is -4.06. The van der Waals surface area contributed by atoms with Crippen LogP contribution in [0.3, 0.4) is 0 Å². The third kappa shape index (κ3) is 5.51. The van der Waals surface area contributed by atoms with Gasteiger partial charge in [0.05, 0.1) is 22.0 Å². The summed E-state index contributed by atoms with van der Waals surface area (Å²) >= 11 is 6.12. The van der Waals surface area contributed by atoms with Crippen molar-refractivity contribution >= 4 is 50.8 Å². The van der Waals surface area contributed by atoms with Crippen molar-refractivity contribution in [3.8, 4) is 0 Å². The van der Waals surface area contributed by atoms with Gasteiger partial charge in [0.2, 0.25) is 15.9 Å². The molecule has 0 unspecified atom stereocenters. The number of anilines is 2. The Morgan fingerprint density at radius 1 is 1.03 bits per heavy atom. The molecule has 0 bridgehead atoms. The van der Waals surface area contributed by atoms with E-state index in [1.54, 1.807) is 62.4 Å². The van der Waals surface area contributed by atoms with Crippen molar-refractivity contribution in [3.63, 3.8) is 0 Å². The fourth-order valence-electron chi connectivity index (χ4n) is 3.86. The van der Waals surface area contributed by atoms with E-state index in [0.29, 0.717) is 11.4 Å². The number of sulfonamides is 1. The fraction of sp³-hybridized carbons (Fsp3) is 0.192. The van der Waals surface area contributed by atoms with Crippen LogP contribution in [0, 0.1) is 0 Å². The van der Waals surface area contributed by atoms with Crippen molar-refractivity contribution in [1.29, 1.82) is 0 Å². The highest BCUT2D eigenvalue weighted by atomic mass is 35.5. The molecule has 3 aromatic carbocycles. The molecule has 0 saturated carbocycles. The molecule has 1 aliphatic rings. The number of esters is 1. The van der Waals surface area contributed by atoms with E-state index in [0.717, 1.165) is 11.6 Å². The van der Waals surface area contributed by atoms with Crippen LogP contribution in [0.4, 0.5) is 11.4 Å². The number of hydrogen-bond acceptors (Lipinski definition) is 6. The summed E-state index contributed by atoms with van der Waals surface area (Å²) < 4.78 is 33.3. The topological polar surface area (TPSA) is 122 Å². The smallest absolute Gasteiger partial charge is 0.338 e. The van der Waals surface area contributed by atoms with Gasteiger partial charge in [-0.25, -0.2) is 17.9 Å². The van der Waals surface area contributed by atoms with E-state index in [-0.39, 0.29) is 27.9 Å². The van der Waals surface area contributed by atoms with Gasteiger partial charge in [0, 0.05) is 6.54 Å². The largest absolute Gasteiger partial charge is 0.452 e. The van der Waals surface area contributed by atoms with Gasteiger partial charge in [-0.1, -0.05) is 54.1 Å². The highest BCUT2D eigenvalue weighted by Crippen LogP contribution is 2.36. The summed E-state index contributed by atoms with van der Waals surface area (Å²) in [6.07, 6.45) is 0. The molecule has 9 nitrogen and oxygen atoms in total. The molecule has 192 valence electrons. The Labute approximate surface area is 219 Å². The number of ether oxygens (including phenoxy) is 1. The van der Waals surface area contributed by atoms with E-state index >= 15 is 0 Å². The van der Waals surface area contributed by atoms with Crippen molar-refractivity contribution in [2.45, 2.75) is 30.8 Å². The molecule has 0 saturated heterocycles.